The SMILES string of the molecule is c1ccc(-c2ncc(-n3c4ccccc4c4cc(-c5ccc6c(c5)c5ccccc5n6-c5ccccc5)c5sc6ccccc6c5c43)c(-c3ccccc3)n2)cc1. The highest BCUT2D eigenvalue weighted by Crippen LogP contribution is 2.49. The zero-order chi connectivity index (χ0) is 37.5. The summed E-state index contributed by atoms with van der Waals surface area (Å²) < 4.78 is 7.33. The topological polar surface area (TPSA) is 35.6 Å². The van der Waals surface area contributed by atoms with Crippen molar-refractivity contribution in [3.05, 3.63) is 194 Å². The molecule has 0 fully saturated rings. The van der Waals surface area contributed by atoms with E-state index in [4.69, 9.17) is 9.97 Å². The van der Waals surface area contributed by atoms with Gasteiger partial charge in [-0.1, -0.05) is 140 Å². The van der Waals surface area contributed by atoms with Crippen LogP contribution >= 0.6 is 11.3 Å². The van der Waals surface area contributed by atoms with Gasteiger partial charge in [0.25, 0.3) is 0 Å². The van der Waals surface area contributed by atoms with Gasteiger partial charge in [0.05, 0.1) is 39.6 Å². The molecule has 0 unspecified atom stereocenters. The van der Waals surface area contributed by atoms with Crippen molar-refractivity contribution in [2.24, 2.45) is 0 Å². The van der Waals surface area contributed by atoms with E-state index in [1.807, 2.05) is 35.7 Å². The van der Waals surface area contributed by atoms with Crippen molar-refractivity contribution < 1.29 is 0 Å². The first-order valence-electron chi connectivity index (χ1n) is 19.2. The summed E-state index contributed by atoms with van der Waals surface area (Å²) in [5, 5.41) is 7.38. The van der Waals surface area contributed by atoms with Gasteiger partial charge in [-0.2, -0.15) is 0 Å². The maximum atomic E-state index is 5.32. The minimum absolute atomic E-state index is 0.705. The normalized spacial score (nSPS) is 11.9. The van der Waals surface area contributed by atoms with E-state index < -0.39 is 0 Å². The standard InChI is InChI=1S/C52H32N4S/c1-4-16-33(17-5-1)49-46(32-53-52(54-49)34-18-6-2-7-19-34)56-44-26-14-11-23-38(44)42-31-40(51-48(50(42)56)39-24-12-15-27-47(39)57-51)35-28-29-45-41(30-35)37-22-10-13-25-43(37)55(45)36-20-8-3-9-21-36/h1-32H. The van der Waals surface area contributed by atoms with Crippen molar-refractivity contribution in [3.63, 3.8) is 0 Å². The fourth-order valence-electron chi connectivity index (χ4n) is 8.87. The molecule has 0 aliphatic rings. The second-order valence-electron chi connectivity index (χ2n) is 14.6. The van der Waals surface area contributed by atoms with E-state index in [-0.39, 0.29) is 0 Å². The van der Waals surface area contributed by atoms with Crippen LogP contribution in [0.1, 0.15) is 0 Å². The molecule has 4 heterocycles. The van der Waals surface area contributed by atoms with Crippen molar-refractivity contribution >= 4 is 75.1 Å². The van der Waals surface area contributed by atoms with Gasteiger partial charge in [-0.15, -0.1) is 11.3 Å². The van der Waals surface area contributed by atoms with Crippen LogP contribution in [-0.4, -0.2) is 19.1 Å². The third kappa shape index (κ3) is 4.86. The smallest absolute Gasteiger partial charge is 0.159 e. The fraction of sp³-hybridized carbons (Fsp3) is 0. The molecule has 0 radical (unpaired) electrons. The van der Waals surface area contributed by atoms with Crippen LogP contribution in [0.15, 0.2) is 194 Å². The largest absolute Gasteiger partial charge is 0.309 e. The lowest BCUT2D eigenvalue weighted by Gasteiger charge is -2.15. The van der Waals surface area contributed by atoms with E-state index in [0.717, 1.165) is 33.7 Å². The lowest BCUT2D eigenvalue weighted by Crippen LogP contribution is -2.03. The van der Waals surface area contributed by atoms with E-state index in [1.165, 1.54) is 69.4 Å². The Balaban J connectivity index is 1.19. The summed E-state index contributed by atoms with van der Waals surface area (Å²) in [6.07, 6.45) is 2.02. The molecule has 4 aromatic heterocycles. The number of fused-ring (bicyclic) bond motifs is 10. The first-order chi connectivity index (χ1) is 28.3. The summed E-state index contributed by atoms with van der Waals surface area (Å²) in [5.74, 6) is 0.705. The molecule has 4 nitrogen and oxygen atoms in total. The number of rotatable bonds is 5. The predicted molar refractivity (Wildman–Crippen MR) is 240 cm³/mol. The van der Waals surface area contributed by atoms with E-state index in [9.17, 15) is 0 Å². The third-order valence-electron chi connectivity index (χ3n) is 11.4. The highest BCUT2D eigenvalue weighted by atomic mass is 32.1. The zero-order valence-corrected chi connectivity index (χ0v) is 31.5. The third-order valence-corrected chi connectivity index (χ3v) is 12.6. The molecular formula is C52H32N4S. The molecule has 0 spiro atoms. The van der Waals surface area contributed by atoms with Crippen LogP contribution in [0.2, 0.25) is 0 Å². The monoisotopic (exact) mass is 744 g/mol. The van der Waals surface area contributed by atoms with Gasteiger partial charge in [-0.25, -0.2) is 9.97 Å². The molecule has 12 rings (SSSR count). The molecule has 5 heteroatoms. The second kappa shape index (κ2) is 12.6. The van der Waals surface area contributed by atoms with Gasteiger partial charge < -0.3 is 9.13 Å². The number of nitrogens with zero attached hydrogens (tertiary/aromatic N) is 4. The number of para-hydroxylation sites is 3. The highest BCUT2D eigenvalue weighted by molar-refractivity contribution is 7.26. The minimum Gasteiger partial charge on any atom is -0.309 e. The summed E-state index contributed by atoms with van der Waals surface area (Å²) in [6, 6.07) is 67.3. The predicted octanol–water partition coefficient (Wildman–Crippen LogP) is 14.0. The first-order valence-corrected chi connectivity index (χ1v) is 20.1. The number of hydrogen-bond donors (Lipinski definition) is 0. The van der Waals surface area contributed by atoms with Gasteiger partial charge in [-0.05, 0) is 54.1 Å². The Kier molecular flexibility index (Phi) is 7.06. The molecule has 0 aliphatic heterocycles. The van der Waals surface area contributed by atoms with Crippen LogP contribution < -0.4 is 0 Å². The van der Waals surface area contributed by atoms with E-state index >= 15 is 0 Å². The quantitative estimate of drug-likeness (QED) is 0.176. The number of thiophene rings is 1. The maximum Gasteiger partial charge on any atom is 0.159 e. The van der Waals surface area contributed by atoms with Crippen LogP contribution in [0.25, 0.3) is 109 Å². The Hall–Kier alpha value is -7.34. The van der Waals surface area contributed by atoms with Crippen molar-refractivity contribution in [1.29, 1.82) is 0 Å². The van der Waals surface area contributed by atoms with E-state index in [1.54, 1.807) is 0 Å². The molecule has 0 saturated carbocycles. The average molecular weight is 745 g/mol. The number of aromatic nitrogens is 4. The molecule has 0 N–H and O–H groups in total. The number of hydrogen-bond acceptors (Lipinski definition) is 3. The van der Waals surface area contributed by atoms with Crippen molar-refractivity contribution in [1.82, 2.24) is 19.1 Å². The molecule has 0 bridgehead atoms. The molecule has 8 aromatic carbocycles. The van der Waals surface area contributed by atoms with Gasteiger partial charge in [0.2, 0.25) is 0 Å². The Morgan fingerprint density at radius 3 is 1.79 bits per heavy atom. The molecule has 0 atom stereocenters. The molecule has 0 saturated heterocycles. The van der Waals surface area contributed by atoms with Crippen LogP contribution in [0.5, 0.6) is 0 Å². The molecule has 0 amide bonds. The van der Waals surface area contributed by atoms with Crippen LogP contribution in [-0.2, 0) is 0 Å². The van der Waals surface area contributed by atoms with Crippen molar-refractivity contribution in [2.75, 3.05) is 0 Å². The number of benzene rings is 8. The van der Waals surface area contributed by atoms with Crippen LogP contribution in [0, 0.1) is 0 Å². The Labute approximate surface area is 332 Å². The zero-order valence-electron chi connectivity index (χ0n) is 30.7. The first kappa shape index (κ1) is 32.0. The summed E-state index contributed by atoms with van der Waals surface area (Å²) >= 11 is 1.87. The summed E-state index contributed by atoms with van der Waals surface area (Å²) in [4.78, 5) is 10.4. The summed E-state index contributed by atoms with van der Waals surface area (Å²) in [7, 11) is 0. The van der Waals surface area contributed by atoms with Gasteiger partial charge in [-0.3, -0.25) is 0 Å². The van der Waals surface area contributed by atoms with Crippen LogP contribution in [0.3, 0.4) is 0 Å². The summed E-state index contributed by atoms with van der Waals surface area (Å²) in [5.41, 5.74) is 12.2. The Morgan fingerprint density at radius 2 is 1.04 bits per heavy atom. The fourth-order valence-corrected chi connectivity index (χ4v) is 10.1. The highest BCUT2D eigenvalue weighted by Gasteiger charge is 2.24. The average Bonchev–Trinajstić information content (AvgIpc) is 3.94. The molecule has 266 valence electrons. The van der Waals surface area contributed by atoms with Gasteiger partial charge >= 0.3 is 0 Å². The van der Waals surface area contributed by atoms with Crippen LogP contribution in [0.4, 0.5) is 0 Å². The molecule has 12 aromatic rings. The van der Waals surface area contributed by atoms with Gasteiger partial charge in [0.1, 0.15) is 0 Å². The molecular weight excluding hydrogens is 713 g/mol. The van der Waals surface area contributed by atoms with E-state index in [0.29, 0.717) is 5.82 Å². The van der Waals surface area contributed by atoms with E-state index in [2.05, 4.69) is 179 Å². The lowest BCUT2D eigenvalue weighted by molar-refractivity contribution is 1.09. The summed E-state index contributed by atoms with van der Waals surface area (Å²) in [6.45, 7) is 0. The van der Waals surface area contributed by atoms with Gasteiger partial charge in [0, 0.05) is 64.1 Å². The van der Waals surface area contributed by atoms with Crippen molar-refractivity contribution in [2.45, 2.75) is 0 Å². The van der Waals surface area contributed by atoms with Crippen molar-refractivity contribution in [3.8, 4) is 45.1 Å². The Bertz CT molecular complexity index is 3510. The lowest BCUT2D eigenvalue weighted by atomic mass is 9.97. The minimum atomic E-state index is 0.705. The molecule has 0 aliphatic carbocycles. The van der Waals surface area contributed by atoms with Gasteiger partial charge in [0.15, 0.2) is 5.82 Å². The second-order valence-corrected chi connectivity index (χ2v) is 15.6. The Morgan fingerprint density at radius 1 is 0.439 bits per heavy atom. The molecule has 57 heavy (non-hydrogen) atoms. The maximum absolute atomic E-state index is 5.32.